The van der Waals surface area contributed by atoms with Gasteiger partial charge in [0.1, 0.15) is 5.84 Å². The number of amidine groups is 1. The van der Waals surface area contributed by atoms with Crippen molar-refractivity contribution in [1.82, 2.24) is 10.9 Å². The minimum absolute atomic E-state index is 0.0279. The lowest BCUT2D eigenvalue weighted by molar-refractivity contribution is -0.122. The number of amides is 1. The Kier molecular flexibility index (Phi) is 1.75. The zero-order valence-corrected chi connectivity index (χ0v) is 5.72. The van der Waals surface area contributed by atoms with Gasteiger partial charge in [-0.25, -0.2) is 0 Å². The highest BCUT2D eigenvalue weighted by Crippen LogP contribution is 2.04. The van der Waals surface area contributed by atoms with Crippen LogP contribution in [-0.2, 0) is 4.79 Å². The van der Waals surface area contributed by atoms with Crippen molar-refractivity contribution in [1.29, 1.82) is 0 Å². The highest BCUT2D eigenvalue weighted by molar-refractivity contribution is 5.93. The van der Waals surface area contributed by atoms with E-state index in [0.29, 0.717) is 12.3 Å². The topological polar surface area (TPSA) is 79.5 Å². The summed E-state index contributed by atoms with van der Waals surface area (Å²) in [6.45, 7) is 1.89. The molecule has 0 bridgehead atoms. The summed E-state index contributed by atoms with van der Waals surface area (Å²) in [7, 11) is 0. The number of nitrogens with two attached hydrogens (primary N) is 1. The Bertz CT molecular complexity index is 176. The molecule has 1 aliphatic heterocycles. The van der Waals surface area contributed by atoms with Crippen molar-refractivity contribution in [3.8, 4) is 0 Å². The summed E-state index contributed by atoms with van der Waals surface area (Å²) in [4.78, 5) is 10.7. The smallest absolute Gasteiger partial charge is 0.239 e. The summed E-state index contributed by atoms with van der Waals surface area (Å²) in [5, 5.41) is 3.45. The van der Waals surface area contributed by atoms with E-state index in [-0.39, 0.29) is 11.8 Å². The molecule has 56 valence electrons. The number of hydrogen-bond acceptors (Lipinski definition) is 3. The Hall–Kier alpha value is -1.26. The number of hydrazine groups is 1. The zero-order chi connectivity index (χ0) is 7.56. The van der Waals surface area contributed by atoms with E-state index in [2.05, 4.69) is 16.0 Å². The molecule has 5 heteroatoms. The van der Waals surface area contributed by atoms with Gasteiger partial charge in [0.15, 0.2) is 0 Å². The Balaban J connectivity index is 2.60. The first-order chi connectivity index (χ1) is 4.74. The van der Waals surface area contributed by atoms with Gasteiger partial charge >= 0.3 is 0 Å². The van der Waals surface area contributed by atoms with Gasteiger partial charge in [0.05, 0.1) is 0 Å². The second kappa shape index (κ2) is 2.55. The molecule has 10 heavy (non-hydrogen) atoms. The second-order valence-corrected chi connectivity index (χ2v) is 2.29. The molecule has 1 fully saturated rings. The lowest BCUT2D eigenvalue weighted by atomic mass is 10.1. The molecule has 0 aliphatic carbocycles. The third-order valence-corrected chi connectivity index (χ3v) is 1.43. The van der Waals surface area contributed by atoms with Crippen LogP contribution in [0.3, 0.4) is 0 Å². The molecule has 0 radical (unpaired) electrons. The Morgan fingerprint density at radius 2 is 2.40 bits per heavy atom. The number of rotatable bonds is 0. The van der Waals surface area contributed by atoms with Crippen molar-refractivity contribution in [3.05, 3.63) is 0 Å². The van der Waals surface area contributed by atoms with E-state index in [1.165, 1.54) is 0 Å². The molecule has 1 amide bonds. The van der Waals surface area contributed by atoms with Gasteiger partial charge in [0, 0.05) is 12.3 Å². The Labute approximate surface area is 58.6 Å². The molecule has 0 aromatic carbocycles. The van der Waals surface area contributed by atoms with Crippen LogP contribution in [0.5, 0.6) is 0 Å². The molecular weight excluding hydrogens is 132 g/mol. The zero-order valence-electron chi connectivity index (χ0n) is 5.72. The fourth-order valence-electron chi connectivity index (χ4n) is 0.842. The monoisotopic (exact) mass is 142 g/mol. The van der Waals surface area contributed by atoms with Gasteiger partial charge < -0.3 is 5.84 Å². The summed E-state index contributed by atoms with van der Waals surface area (Å²) in [5.74, 6) is 5.71. The SMILES string of the molecule is CC1CC(=O)NNC1=NN. The van der Waals surface area contributed by atoms with Gasteiger partial charge in [-0.15, -0.1) is 0 Å². The van der Waals surface area contributed by atoms with Crippen LogP contribution in [0.4, 0.5) is 0 Å². The molecule has 1 atom stereocenters. The summed E-state index contributed by atoms with van der Waals surface area (Å²) in [6, 6.07) is 0. The van der Waals surface area contributed by atoms with Crippen molar-refractivity contribution in [2.75, 3.05) is 0 Å². The van der Waals surface area contributed by atoms with Gasteiger partial charge in [-0.3, -0.25) is 15.6 Å². The highest BCUT2D eigenvalue weighted by Gasteiger charge is 2.20. The first-order valence-electron chi connectivity index (χ1n) is 3.06. The third-order valence-electron chi connectivity index (χ3n) is 1.43. The van der Waals surface area contributed by atoms with Crippen LogP contribution in [0, 0.1) is 5.92 Å². The summed E-state index contributed by atoms with van der Waals surface area (Å²) in [6.07, 6.45) is 0.447. The molecule has 4 N–H and O–H groups in total. The van der Waals surface area contributed by atoms with Crippen LogP contribution in [0.15, 0.2) is 5.10 Å². The predicted molar refractivity (Wildman–Crippen MR) is 36.7 cm³/mol. The maximum atomic E-state index is 10.7. The van der Waals surface area contributed by atoms with Crippen LogP contribution in [-0.4, -0.2) is 11.7 Å². The average molecular weight is 142 g/mol. The van der Waals surface area contributed by atoms with Gasteiger partial charge in [-0.05, 0) is 0 Å². The fraction of sp³-hybridized carbons (Fsp3) is 0.600. The number of carbonyl (C=O) groups excluding carboxylic acids is 1. The van der Waals surface area contributed by atoms with Crippen molar-refractivity contribution >= 4 is 11.7 Å². The summed E-state index contributed by atoms with van der Waals surface area (Å²) < 4.78 is 0. The third kappa shape index (κ3) is 1.18. The van der Waals surface area contributed by atoms with E-state index in [1.54, 1.807) is 0 Å². The molecule has 1 heterocycles. The number of hydrogen-bond donors (Lipinski definition) is 3. The van der Waals surface area contributed by atoms with Crippen LogP contribution < -0.4 is 16.7 Å². The normalized spacial score (nSPS) is 29.5. The first-order valence-corrected chi connectivity index (χ1v) is 3.06. The average Bonchev–Trinajstić information content (AvgIpc) is 1.88. The van der Waals surface area contributed by atoms with Crippen LogP contribution in [0.25, 0.3) is 0 Å². The Morgan fingerprint density at radius 1 is 1.70 bits per heavy atom. The van der Waals surface area contributed by atoms with E-state index in [1.807, 2.05) is 6.92 Å². The fourth-order valence-corrected chi connectivity index (χ4v) is 0.842. The Morgan fingerprint density at radius 3 is 2.90 bits per heavy atom. The van der Waals surface area contributed by atoms with Crippen LogP contribution >= 0.6 is 0 Å². The minimum Gasteiger partial charge on any atom is -0.322 e. The highest BCUT2D eigenvalue weighted by atomic mass is 16.2. The number of hydrazone groups is 1. The maximum absolute atomic E-state index is 10.7. The molecule has 0 aromatic rings. The number of nitrogens with zero attached hydrogens (tertiary/aromatic N) is 1. The van der Waals surface area contributed by atoms with Crippen LogP contribution in [0.2, 0.25) is 0 Å². The minimum atomic E-state index is -0.0279. The van der Waals surface area contributed by atoms with Gasteiger partial charge in [0.25, 0.3) is 0 Å². The molecule has 1 rings (SSSR count). The predicted octanol–water partition coefficient (Wildman–Crippen LogP) is -1.08. The molecular formula is C5H10N4O. The van der Waals surface area contributed by atoms with Crippen molar-refractivity contribution in [2.24, 2.45) is 16.9 Å². The van der Waals surface area contributed by atoms with Crippen molar-refractivity contribution < 1.29 is 4.79 Å². The number of nitrogens with one attached hydrogen (secondary N) is 2. The van der Waals surface area contributed by atoms with Gasteiger partial charge in [-0.2, -0.15) is 5.10 Å². The summed E-state index contributed by atoms with van der Waals surface area (Å²) >= 11 is 0. The maximum Gasteiger partial charge on any atom is 0.239 e. The lowest BCUT2D eigenvalue weighted by Gasteiger charge is -2.21. The molecule has 1 saturated heterocycles. The quantitative estimate of drug-likeness (QED) is 0.297. The van der Waals surface area contributed by atoms with Gasteiger partial charge in [-0.1, -0.05) is 6.92 Å². The van der Waals surface area contributed by atoms with Crippen molar-refractivity contribution in [2.45, 2.75) is 13.3 Å². The molecule has 1 aliphatic rings. The number of carbonyl (C=O) groups is 1. The summed E-state index contributed by atoms with van der Waals surface area (Å²) in [5.41, 5.74) is 5.01. The van der Waals surface area contributed by atoms with E-state index in [4.69, 9.17) is 5.84 Å². The molecule has 5 nitrogen and oxygen atoms in total. The van der Waals surface area contributed by atoms with Crippen molar-refractivity contribution in [3.63, 3.8) is 0 Å². The molecule has 0 saturated carbocycles. The van der Waals surface area contributed by atoms with Gasteiger partial charge in [0.2, 0.25) is 5.91 Å². The second-order valence-electron chi connectivity index (χ2n) is 2.29. The van der Waals surface area contributed by atoms with E-state index in [0.717, 1.165) is 0 Å². The first kappa shape index (κ1) is 6.85. The van der Waals surface area contributed by atoms with E-state index in [9.17, 15) is 4.79 Å². The standard InChI is InChI=1S/C5H10N4O/c1-3-2-4(10)8-9-5(3)7-6/h3H,2,6H2,1H3,(H,7,9)(H,8,10). The van der Waals surface area contributed by atoms with E-state index >= 15 is 0 Å². The van der Waals surface area contributed by atoms with E-state index < -0.39 is 0 Å². The molecule has 1 unspecified atom stereocenters. The molecule has 0 spiro atoms. The molecule has 0 aromatic heterocycles. The van der Waals surface area contributed by atoms with Crippen LogP contribution in [0.1, 0.15) is 13.3 Å². The lowest BCUT2D eigenvalue weighted by Crippen LogP contribution is -2.50. The largest absolute Gasteiger partial charge is 0.322 e.